The Bertz CT molecular complexity index is 781. The summed E-state index contributed by atoms with van der Waals surface area (Å²) in [4.78, 5) is 47.9. The van der Waals surface area contributed by atoms with Gasteiger partial charge in [0.15, 0.2) is 0 Å². The maximum atomic E-state index is 12.2. The molecule has 11 nitrogen and oxygen atoms in total. The van der Waals surface area contributed by atoms with Gasteiger partial charge in [0.05, 0.1) is 31.6 Å². The molecule has 0 spiro atoms. The molecule has 0 heterocycles. The molecule has 0 aliphatic heterocycles. The van der Waals surface area contributed by atoms with Gasteiger partial charge in [-0.1, -0.05) is 30.3 Å². The van der Waals surface area contributed by atoms with Crippen LogP contribution in [0.3, 0.4) is 0 Å². The molecule has 3 amide bonds. The zero-order valence-corrected chi connectivity index (χ0v) is 18.8. The fourth-order valence-corrected chi connectivity index (χ4v) is 2.57. The molecule has 11 heteroatoms. The first-order chi connectivity index (χ1) is 14.9. The second-order valence-electron chi connectivity index (χ2n) is 8.05. The lowest BCUT2D eigenvalue weighted by molar-refractivity contribution is -0.156. The number of nitrogens with two attached hydrogens (primary N) is 2. The SMILES string of the molecule is COC(N)[C@@H](NC(=O)CNC(=O)CNC(=O)C(N)CC(=O)OC(C)(C)C)c1ccccc1. The minimum atomic E-state index is -1.16. The van der Waals surface area contributed by atoms with Crippen LogP contribution in [0.5, 0.6) is 0 Å². The number of benzene rings is 1. The lowest BCUT2D eigenvalue weighted by atomic mass is 10.1. The lowest BCUT2D eigenvalue weighted by Gasteiger charge is -2.24. The molecule has 2 unspecified atom stereocenters. The van der Waals surface area contributed by atoms with Crippen LogP contribution in [-0.4, -0.2) is 61.8 Å². The maximum Gasteiger partial charge on any atom is 0.308 e. The second kappa shape index (κ2) is 12.7. The van der Waals surface area contributed by atoms with Gasteiger partial charge in [0.25, 0.3) is 0 Å². The van der Waals surface area contributed by atoms with E-state index < -0.39 is 54.1 Å². The number of hydrogen-bond acceptors (Lipinski definition) is 8. The van der Waals surface area contributed by atoms with Crippen molar-refractivity contribution in [3.63, 3.8) is 0 Å². The molecule has 0 aliphatic rings. The number of hydrogen-bond donors (Lipinski definition) is 5. The van der Waals surface area contributed by atoms with Crippen molar-refractivity contribution in [1.82, 2.24) is 16.0 Å². The van der Waals surface area contributed by atoms with Gasteiger partial charge in [0.2, 0.25) is 17.7 Å². The zero-order chi connectivity index (χ0) is 24.3. The van der Waals surface area contributed by atoms with Gasteiger partial charge in [0, 0.05) is 7.11 Å². The average molecular weight is 452 g/mol. The van der Waals surface area contributed by atoms with Crippen molar-refractivity contribution < 1.29 is 28.7 Å². The third-order valence-corrected chi connectivity index (χ3v) is 4.09. The number of methoxy groups -OCH3 is 1. The molecule has 0 saturated carbocycles. The van der Waals surface area contributed by atoms with Crippen LogP contribution in [0.15, 0.2) is 30.3 Å². The fourth-order valence-electron chi connectivity index (χ4n) is 2.57. The highest BCUT2D eigenvalue weighted by molar-refractivity contribution is 5.91. The van der Waals surface area contributed by atoms with E-state index in [4.69, 9.17) is 20.9 Å². The van der Waals surface area contributed by atoms with E-state index in [0.717, 1.165) is 5.56 Å². The van der Waals surface area contributed by atoms with Crippen molar-refractivity contribution in [3.8, 4) is 0 Å². The first kappa shape index (κ1) is 27.0. The van der Waals surface area contributed by atoms with Crippen LogP contribution in [0.4, 0.5) is 0 Å². The Morgan fingerprint density at radius 2 is 1.56 bits per heavy atom. The van der Waals surface area contributed by atoms with E-state index in [2.05, 4.69) is 16.0 Å². The smallest absolute Gasteiger partial charge is 0.308 e. The summed E-state index contributed by atoms with van der Waals surface area (Å²) in [6.45, 7) is 4.35. The van der Waals surface area contributed by atoms with Crippen LogP contribution >= 0.6 is 0 Å². The Morgan fingerprint density at radius 3 is 2.12 bits per heavy atom. The van der Waals surface area contributed by atoms with Crippen LogP contribution in [0.1, 0.15) is 38.8 Å². The summed E-state index contributed by atoms with van der Waals surface area (Å²) < 4.78 is 10.2. The summed E-state index contributed by atoms with van der Waals surface area (Å²) in [6, 6.07) is 7.23. The number of carbonyl (C=O) groups excluding carboxylic acids is 4. The standard InChI is InChI=1S/C21H33N5O6/c1-21(2,3)32-17(29)10-14(22)20(30)25-11-15(27)24-12-16(28)26-18(19(23)31-4)13-8-6-5-7-9-13/h5-9,14,18-19H,10-12,22-23H2,1-4H3,(H,24,27)(H,25,30)(H,26,28)/t14?,18-,19?/m0/s1. The summed E-state index contributed by atoms with van der Waals surface area (Å²) in [7, 11) is 1.42. The van der Waals surface area contributed by atoms with E-state index in [1.54, 1.807) is 45.0 Å². The molecular formula is C21H33N5O6. The van der Waals surface area contributed by atoms with E-state index in [0.29, 0.717) is 0 Å². The third-order valence-electron chi connectivity index (χ3n) is 4.09. The van der Waals surface area contributed by atoms with Crippen molar-refractivity contribution in [3.05, 3.63) is 35.9 Å². The molecule has 0 saturated heterocycles. The molecule has 0 radical (unpaired) electrons. The van der Waals surface area contributed by atoms with Gasteiger partial charge in [-0.15, -0.1) is 0 Å². The van der Waals surface area contributed by atoms with Crippen LogP contribution < -0.4 is 27.4 Å². The molecule has 0 aromatic heterocycles. The fraction of sp³-hybridized carbons (Fsp3) is 0.524. The van der Waals surface area contributed by atoms with Gasteiger partial charge in [0.1, 0.15) is 11.8 Å². The van der Waals surface area contributed by atoms with Crippen molar-refractivity contribution in [2.24, 2.45) is 11.5 Å². The quantitative estimate of drug-likeness (QED) is 0.212. The van der Waals surface area contributed by atoms with Crippen LogP contribution in [0, 0.1) is 0 Å². The number of amides is 3. The lowest BCUT2D eigenvalue weighted by Crippen LogP contribution is -2.48. The summed E-state index contributed by atoms with van der Waals surface area (Å²) >= 11 is 0. The van der Waals surface area contributed by atoms with E-state index in [-0.39, 0.29) is 13.0 Å². The summed E-state index contributed by atoms with van der Waals surface area (Å²) in [5.74, 6) is -2.41. The predicted octanol–water partition coefficient (Wildman–Crippen LogP) is -0.933. The minimum Gasteiger partial charge on any atom is -0.460 e. The third kappa shape index (κ3) is 10.3. The van der Waals surface area contributed by atoms with Crippen molar-refractivity contribution in [2.45, 2.75) is 51.1 Å². The molecule has 1 aromatic carbocycles. The summed E-state index contributed by atoms with van der Waals surface area (Å²) in [5, 5.41) is 7.40. The van der Waals surface area contributed by atoms with Crippen LogP contribution in [0.25, 0.3) is 0 Å². The normalized spacial score (nSPS) is 13.9. The number of rotatable bonds is 11. The highest BCUT2D eigenvalue weighted by Crippen LogP contribution is 2.15. The first-order valence-corrected chi connectivity index (χ1v) is 10.1. The molecular weight excluding hydrogens is 418 g/mol. The Kier molecular flexibility index (Phi) is 10.8. The van der Waals surface area contributed by atoms with E-state index in [1.807, 2.05) is 6.07 Å². The van der Waals surface area contributed by atoms with Gasteiger partial charge in [-0.2, -0.15) is 0 Å². The molecule has 32 heavy (non-hydrogen) atoms. The van der Waals surface area contributed by atoms with Crippen molar-refractivity contribution in [1.29, 1.82) is 0 Å². The summed E-state index contributed by atoms with van der Waals surface area (Å²) in [6.07, 6.45) is -1.11. The molecule has 178 valence electrons. The highest BCUT2D eigenvalue weighted by atomic mass is 16.6. The number of esters is 1. The largest absolute Gasteiger partial charge is 0.460 e. The van der Waals surface area contributed by atoms with Crippen LogP contribution in [0.2, 0.25) is 0 Å². The molecule has 7 N–H and O–H groups in total. The van der Waals surface area contributed by atoms with E-state index in [9.17, 15) is 19.2 Å². The van der Waals surface area contributed by atoms with Gasteiger partial charge >= 0.3 is 5.97 Å². The monoisotopic (exact) mass is 451 g/mol. The molecule has 1 aromatic rings. The predicted molar refractivity (Wildman–Crippen MR) is 117 cm³/mol. The van der Waals surface area contributed by atoms with Gasteiger partial charge in [-0.3, -0.25) is 19.2 Å². The molecule has 0 aliphatic carbocycles. The van der Waals surface area contributed by atoms with Gasteiger partial charge in [-0.25, -0.2) is 0 Å². The van der Waals surface area contributed by atoms with E-state index in [1.165, 1.54) is 7.11 Å². The summed E-state index contributed by atoms with van der Waals surface area (Å²) in [5.41, 5.74) is 11.6. The Hall–Kier alpha value is -3.02. The Labute approximate surface area is 187 Å². The zero-order valence-electron chi connectivity index (χ0n) is 18.8. The first-order valence-electron chi connectivity index (χ1n) is 10.1. The van der Waals surface area contributed by atoms with Gasteiger partial charge in [-0.05, 0) is 26.3 Å². The molecule has 3 atom stereocenters. The second-order valence-corrected chi connectivity index (χ2v) is 8.05. The number of ether oxygens (including phenoxy) is 2. The molecule has 0 bridgehead atoms. The van der Waals surface area contributed by atoms with Crippen molar-refractivity contribution in [2.75, 3.05) is 20.2 Å². The maximum absolute atomic E-state index is 12.2. The number of nitrogens with one attached hydrogen (secondary N) is 3. The van der Waals surface area contributed by atoms with Crippen molar-refractivity contribution >= 4 is 23.7 Å². The molecule has 0 fully saturated rings. The minimum absolute atomic E-state index is 0.326. The van der Waals surface area contributed by atoms with Gasteiger partial charge < -0.3 is 36.9 Å². The Morgan fingerprint density at radius 1 is 0.969 bits per heavy atom. The van der Waals surface area contributed by atoms with E-state index >= 15 is 0 Å². The van der Waals surface area contributed by atoms with Crippen LogP contribution in [-0.2, 0) is 28.7 Å². The Balaban J connectivity index is 2.44. The average Bonchev–Trinajstić information content (AvgIpc) is 2.72. The number of carbonyl (C=O) groups is 4. The highest BCUT2D eigenvalue weighted by Gasteiger charge is 2.24. The topological polar surface area (TPSA) is 175 Å². The molecule has 1 rings (SSSR count).